The number of amides is 1. The van der Waals surface area contributed by atoms with Gasteiger partial charge in [-0.1, -0.05) is 13.8 Å². The van der Waals surface area contributed by atoms with Crippen molar-refractivity contribution in [2.24, 2.45) is 11.3 Å². The van der Waals surface area contributed by atoms with Crippen LogP contribution in [0, 0.1) is 11.3 Å². The molecule has 6 unspecified atom stereocenters. The van der Waals surface area contributed by atoms with Crippen molar-refractivity contribution in [2.45, 2.75) is 95.5 Å². The van der Waals surface area contributed by atoms with Gasteiger partial charge in [-0.2, -0.15) is 13.2 Å². The third-order valence-electron chi connectivity index (χ3n) is 8.55. The average Bonchev–Trinajstić information content (AvgIpc) is 3.36. The summed E-state index contributed by atoms with van der Waals surface area (Å²) in [6, 6.07) is 1.40. The number of carbonyl (C=O) groups is 1. The predicted molar refractivity (Wildman–Crippen MR) is 130 cm³/mol. The zero-order valence-corrected chi connectivity index (χ0v) is 21.9. The van der Waals surface area contributed by atoms with Crippen molar-refractivity contribution in [1.29, 1.82) is 0 Å². The standard InChI is InChI=1S/C27H38F3N3O4/c1-16(2)8-20-12-26(11-19(10-24(26)37-20)32-22-5-7-36-15-23(22)35-3)25(34)33-6-4-21-17(14-33)9-18(13-31-21)27(28,29)30/h9,13,16,19-20,22-24,32H,4-8,10-12,14-15H2,1-3H3. The molecule has 206 valence electrons. The number of hydrogen-bond donors (Lipinski definition) is 1. The zero-order valence-electron chi connectivity index (χ0n) is 21.9. The van der Waals surface area contributed by atoms with E-state index in [1.54, 1.807) is 12.0 Å². The highest BCUT2D eigenvalue weighted by Crippen LogP contribution is 2.52. The average molecular weight is 526 g/mol. The predicted octanol–water partition coefficient (Wildman–Crippen LogP) is 3.73. The Kier molecular flexibility index (Phi) is 7.57. The molecule has 7 nitrogen and oxygen atoms in total. The second kappa shape index (κ2) is 10.4. The molecule has 1 saturated carbocycles. The van der Waals surface area contributed by atoms with E-state index in [0.29, 0.717) is 56.2 Å². The summed E-state index contributed by atoms with van der Waals surface area (Å²) in [5, 5.41) is 3.73. The van der Waals surface area contributed by atoms with Gasteiger partial charge in [0.05, 0.1) is 35.9 Å². The summed E-state index contributed by atoms with van der Waals surface area (Å²) in [6.45, 7) is 6.13. The summed E-state index contributed by atoms with van der Waals surface area (Å²) in [5.74, 6) is 0.453. The molecule has 1 aromatic rings. The van der Waals surface area contributed by atoms with Gasteiger partial charge in [0.1, 0.15) is 0 Å². The maximum Gasteiger partial charge on any atom is 0.417 e. The van der Waals surface area contributed by atoms with Gasteiger partial charge in [0.2, 0.25) is 5.91 Å². The molecule has 4 heterocycles. The molecular weight excluding hydrogens is 487 g/mol. The van der Waals surface area contributed by atoms with Gasteiger partial charge in [0.25, 0.3) is 0 Å². The molecule has 0 bridgehead atoms. The molecule has 37 heavy (non-hydrogen) atoms. The lowest BCUT2D eigenvalue weighted by Gasteiger charge is -2.37. The molecule has 1 N–H and O–H groups in total. The van der Waals surface area contributed by atoms with Crippen molar-refractivity contribution < 1.29 is 32.2 Å². The molecule has 6 atom stereocenters. The fourth-order valence-corrected chi connectivity index (χ4v) is 6.84. The number of rotatable bonds is 6. The van der Waals surface area contributed by atoms with E-state index < -0.39 is 17.2 Å². The normalized spacial score (nSPS) is 34.0. The second-order valence-electron chi connectivity index (χ2n) is 11.6. The third-order valence-corrected chi connectivity index (χ3v) is 8.55. The second-order valence-corrected chi connectivity index (χ2v) is 11.6. The fraction of sp³-hybridized carbons (Fsp3) is 0.778. The third kappa shape index (κ3) is 5.40. The topological polar surface area (TPSA) is 72.9 Å². The van der Waals surface area contributed by atoms with Gasteiger partial charge in [0.15, 0.2) is 0 Å². The highest BCUT2D eigenvalue weighted by Gasteiger charge is 2.60. The molecular formula is C27H38F3N3O4. The minimum atomic E-state index is -4.46. The smallest absolute Gasteiger partial charge is 0.379 e. The van der Waals surface area contributed by atoms with E-state index in [0.717, 1.165) is 31.5 Å². The quantitative estimate of drug-likeness (QED) is 0.610. The number of carbonyl (C=O) groups excluding carboxylic acids is 1. The maximum absolute atomic E-state index is 14.2. The van der Waals surface area contributed by atoms with Gasteiger partial charge in [-0.3, -0.25) is 9.78 Å². The van der Waals surface area contributed by atoms with Crippen molar-refractivity contribution in [1.82, 2.24) is 15.2 Å². The first-order valence-electron chi connectivity index (χ1n) is 13.5. The van der Waals surface area contributed by atoms with Gasteiger partial charge in [-0.15, -0.1) is 0 Å². The maximum atomic E-state index is 14.2. The SMILES string of the molecule is COC1COCCC1NC1CC2OC(CC(C)C)CC2(C(=O)N2CCc3ncc(C(F)(F)F)cc3C2)C1. The van der Waals surface area contributed by atoms with E-state index in [1.807, 2.05) is 0 Å². The first-order chi connectivity index (χ1) is 17.6. The van der Waals surface area contributed by atoms with Crippen molar-refractivity contribution in [3.63, 3.8) is 0 Å². The van der Waals surface area contributed by atoms with Crippen LogP contribution in [-0.4, -0.2) is 73.1 Å². The van der Waals surface area contributed by atoms with Gasteiger partial charge >= 0.3 is 6.18 Å². The summed E-state index contributed by atoms with van der Waals surface area (Å²) in [7, 11) is 1.69. The monoisotopic (exact) mass is 525 g/mol. The van der Waals surface area contributed by atoms with Crippen LogP contribution >= 0.6 is 0 Å². The van der Waals surface area contributed by atoms with Crippen molar-refractivity contribution in [3.05, 3.63) is 29.1 Å². The number of fused-ring (bicyclic) bond motifs is 2. The summed E-state index contributed by atoms with van der Waals surface area (Å²) < 4.78 is 57.6. The van der Waals surface area contributed by atoms with Gasteiger partial charge < -0.3 is 24.4 Å². The lowest BCUT2D eigenvalue weighted by atomic mass is 9.78. The molecule has 10 heteroatoms. The molecule has 0 radical (unpaired) electrons. The Hall–Kier alpha value is -1.75. The number of alkyl halides is 3. The molecule has 4 aliphatic rings. The molecule has 5 rings (SSSR count). The highest BCUT2D eigenvalue weighted by atomic mass is 19.4. The van der Waals surface area contributed by atoms with E-state index in [4.69, 9.17) is 14.2 Å². The van der Waals surface area contributed by atoms with Crippen LogP contribution in [0.25, 0.3) is 0 Å². The summed E-state index contributed by atoms with van der Waals surface area (Å²) in [6.07, 6.45) is 0.424. The van der Waals surface area contributed by atoms with Gasteiger partial charge in [0, 0.05) is 57.2 Å². The van der Waals surface area contributed by atoms with Crippen LogP contribution in [0.3, 0.4) is 0 Å². The number of nitrogens with one attached hydrogen (secondary N) is 1. The molecule has 1 aliphatic carbocycles. The Morgan fingerprint density at radius 1 is 1.35 bits per heavy atom. The van der Waals surface area contributed by atoms with E-state index >= 15 is 0 Å². The lowest BCUT2D eigenvalue weighted by Crippen LogP contribution is -2.51. The summed E-state index contributed by atoms with van der Waals surface area (Å²) in [4.78, 5) is 20.0. The van der Waals surface area contributed by atoms with Crippen molar-refractivity contribution >= 4 is 5.91 Å². The van der Waals surface area contributed by atoms with E-state index in [1.165, 1.54) is 0 Å². The summed E-state index contributed by atoms with van der Waals surface area (Å²) >= 11 is 0. The summed E-state index contributed by atoms with van der Waals surface area (Å²) in [5.41, 5.74) is -0.315. The molecule has 3 aliphatic heterocycles. The van der Waals surface area contributed by atoms with Crippen LogP contribution in [0.1, 0.15) is 62.8 Å². The van der Waals surface area contributed by atoms with Crippen LogP contribution < -0.4 is 5.32 Å². The minimum Gasteiger partial charge on any atom is -0.379 e. The molecule has 1 amide bonds. The Balaban J connectivity index is 1.35. The zero-order chi connectivity index (χ0) is 26.4. The first kappa shape index (κ1) is 26.8. The molecule has 1 aromatic heterocycles. The largest absolute Gasteiger partial charge is 0.417 e. The first-order valence-corrected chi connectivity index (χ1v) is 13.5. The number of ether oxygens (including phenoxy) is 3. The Morgan fingerprint density at radius 3 is 2.89 bits per heavy atom. The minimum absolute atomic E-state index is 0.00591. The molecule has 0 spiro atoms. The van der Waals surface area contributed by atoms with E-state index in [-0.39, 0.29) is 42.8 Å². The highest BCUT2D eigenvalue weighted by molar-refractivity contribution is 5.84. The number of nitrogens with zero attached hydrogens (tertiary/aromatic N) is 2. The number of methoxy groups -OCH3 is 1. The number of pyridine rings is 1. The van der Waals surface area contributed by atoms with Crippen LogP contribution in [0.4, 0.5) is 13.2 Å². The fourth-order valence-electron chi connectivity index (χ4n) is 6.84. The van der Waals surface area contributed by atoms with Crippen LogP contribution in [-0.2, 0) is 38.1 Å². The Bertz CT molecular complexity index is 990. The van der Waals surface area contributed by atoms with Gasteiger partial charge in [-0.05, 0) is 49.7 Å². The van der Waals surface area contributed by atoms with Crippen molar-refractivity contribution in [2.75, 3.05) is 26.9 Å². The number of halogens is 3. The van der Waals surface area contributed by atoms with Crippen LogP contribution in [0.15, 0.2) is 12.3 Å². The number of aromatic nitrogens is 1. The van der Waals surface area contributed by atoms with Gasteiger partial charge in [-0.25, -0.2) is 0 Å². The molecule has 3 fully saturated rings. The number of hydrogen-bond acceptors (Lipinski definition) is 6. The van der Waals surface area contributed by atoms with E-state index in [9.17, 15) is 18.0 Å². The molecule has 2 saturated heterocycles. The lowest BCUT2D eigenvalue weighted by molar-refractivity contribution is -0.145. The Morgan fingerprint density at radius 2 is 2.16 bits per heavy atom. The van der Waals surface area contributed by atoms with E-state index in [2.05, 4.69) is 24.1 Å². The molecule has 0 aromatic carbocycles. The van der Waals surface area contributed by atoms with Crippen LogP contribution in [0.2, 0.25) is 0 Å². The van der Waals surface area contributed by atoms with Crippen LogP contribution in [0.5, 0.6) is 0 Å². The van der Waals surface area contributed by atoms with Crippen molar-refractivity contribution in [3.8, 4) is 0 Å². The Labute approximate surface area is 216 Å².